The van der Waals surface area contributed by atoms with Crippen molar-refractivity contribution in [2.75, 3.05) is 13.2 Å². The van der Waals surface area contributed by atoms with E-state index in [0.717, 1.165) is 24.3 Å². The van der Waals surface area contributed by atoms with Crippen LogP contribution in [0, 0.1) is 5.92 Å². The normalized spacial score (nSPS) is 24.6. The lowest BCUT2D eigenvalue weighted by molar-refractivity contribution is -0.186. The standard InChI is InChI=1S/C13H19NO6/c1-9(13(16)17)7-14-11(15)6-10(8-19-14)20-12-4-2-3-5-18-12/h8-9,12H,2-7H2,1H3,(H,16,17). The molecule has 2 rings (SSSR count). The summed E-state index contributed by atoms with van der Waals surface area (Å²) in [5.41, 5.74) is 0. The Morgan fingerprint density at radius 1 is 1.60 bits per heavy atom. The molecule has 1 saturated heterocycles. The van der Waals surface area contributed by atoms with Crippen molar-refractivity contribution in [1.82, 2.24) is 5.06 Å². The average Bonchev–Trinajstić information content (AvgIpc) is 2.42. The molecule has 7 nitrogen and oxygen atoms in total. The van der Waals surface area contributed by atoms with Gasteiger partial charge in [0, 0.05) is 6.42 Å². The van der Waals surface area contributed by atoms with E-state index in [4.69, 9.17) is 19.4 Å². The van der Waals surface area contributed by atoms with Crippen molar-refractivity contribution in [2.24, 2.45) is 5.92 Å². The first kappa shape index (κ1) is 14.6. The maximum atomic E-state index is 11.9. The molecule has 0 radical (unpaired) electrons. The Labute approximate surface area is 117 Å². The molecule has 0 aromatic rings. The fourth-order valence-corrected chi connectivity index (χ4v) is 1.97. The molecule has 7 heteroatoms. The van der Waals surface area contributed by atoms with E-state index in [9.17, 15) is 9.59 Å². The fourth-order valence-electron chi connectivity index (χ4n) is 1.97. The number of ether oxygens (including phenoxy) is 2. The van der Waals surface area contributed by atoms with Crippen LogP contribution in [0.5, 0.6) is 0 Å². The number of hydrogen-bond acceptors (Lipinski definition) is 5. The predicted octanol–water partition coefficient (Wildman–Crippen LogP) is 1.26. The minimum absolute atomic E-state index is 0.0118. The number of carboxylic acid groups (broad SMARTS) is 1. The van der Waals surface area contributed by atoms with Crippen LogP contribution in [0.2, 0.25) is 0 Å². The quantitative estimate of drug-likeness (QED) is 0.818. The number of hydroxylamine groups is 2. The molecular weight excluding hydrogens is 266 g/mol. The van der Waals surface area contributed by atoms with Gasteiger partial charge in [0.2, 0.25) is 0 Å². The molecule has 2 atom stereocenters. The van der Waals surface area contributed by atoms with Crippen molar-refractivity contribution >= 4 is 11.9 Å². The number of nitrogens with zero attached hydrogens (tertiary/aromatic N) is 1. The van der Waals surface area contributed by atoms with Crippen LogP contribution >= 0.6 is 0 Å². The van der Waals surface area contributed by atoms with Crippen LogP contribution in [0.3, 0.4) is 0 Å². The molecule has 2 unspecified atom stereocenters. The summed E-state index contributed by atoms with van der Waals surface area (Å²) in [6, 6.07) is 0. The Balaban J connectivity index is 1.85. The van der Waals surface area contributed by atoms with Gasteiger partial charge in [0.1, 0.15) is 5.76 Å². The number of carboxylic acids is 1. The summed E-state index contributed by atoms with van der Waals surface area (Å²) in [4.78, 5) is 27.8. The van der Waals surface area contributed by atoms with E-state index < -0.39 is 11.9 Å². The molecule has 20 heavy (non-hydrogen) atoms. The molecule has 1 fully saturated rings. The second-order valence-corrected chi connectivity index (χ2v) is 4.97. The number of hydrogen-bond donors (Lipinski definition) is 1. The minimum atomic E-state index is -0.969. The third kappa shape index (κ3) is 3.86. The lowest BCUT2D eigenvalue weighted by Crippen LogP contribution is -2.38. The highest BCUT2D eigenvalue weighted by Gasteiger charge is 2.28. The van der Waals surface area contributed by atoms with E-state index in [1.807, 2.05) is 0 Å². The summed E-state index contributed by atoms with van der Waals surface area (Å²) in [6.07, 6.45) is 3.94. The third-order valence-electron chi connectivity index (χ3n) is 3.20. The van der Waals surface area contributed by atoms with Gasteiger partial charge in [0.25, 0.3) is 5.91 Å². The number of rotatable bonds is 5. The highest BCUT2D eigenvalue weighted by Crippen LogP contribution is 2.22. The largest absolute Gasteiger partial charge is 0.481 e. The number of amides is 1. The highest BCUT2D eigenvalue weighted by molar-refractivity contribution is 5.79. The summed E-state index contributed by atoms with van der Waals surface area (Å²) in [7, 11) is 0. The van der Waals surface area contributed by atoms with Crippen LogP contribution in [0.1, 0.15) is 32.6 Å². The molecule has 2 aliphatic rings. The van der Waals surface area contributed by atoms with Crippen LogP contribution in [-0.4, -0.2) is 41.5 Å². The van der Waals surface area contributed by atoms with Crippen LogP contribution in [0.25, 0.3) is 0 Å². The van der Waals surface area contributed by atoms with Crippen molar-refractivity contribution in [3.8, 4) is 0 Å². The maximum absolute atomic E-state index is 11.9. The van der Waals surface area contributed by atoms with Crippen LogP contribution < -0.4 is 0 Å². The Morgan fingerprint density at radius 2 is 2.40 bits per heavy atom. The van der Waals surface area contributed by atoms with Gasteiger partial charge in [-0.15, -0.1) is 0 Å². The first-order valence-corrected chi connectivity index (χ1v) is 6.73. The zero-order valence-electron chi connectivity index (χ0n) is 11.4. The first-order chi connectivity index (χ1) is 9.56. The van der Waals surface area contributed by atoms with E-state index in [2.05, 4.69) is 0 Å². The number of carbonyl (C=O) groups is 2. The van der Waals surface area contributed by atoms with Crippen molar-refractivity contribution < 1.29 is 29.0 Å². The maximum Gasteiger partial charge on any atom is 0.308 e. The van der Waals surface area contributed by atoms with E-state index in [0.29, 0.717) is 12.4 Å². The van der Waals surface area contributed by atoms with Gasteiger partial charge in [-0.3, -0.25) is 9.59 Å². The van der Waals surface area contributed by atoms with Crippen LogP contribution in [0.15, 0.2) is 12.0 Å². The van der Waals surface area contributed by atoms with Crippen molar-refractivity contribution in [1.29, 1.82) is 0 Å². The highest BCUT2D eigenvalue weighted by atomic mass is 16.7. The first-order valence-electron chi connectivity index (χ1n) is 6.73. The molecule has 0 saturated carbocycles. The summed E-state index contributed by atoms with van der Waals surface area (Å²) in [5.74, 6) is -1.55. The molecular formula is C13H19NO6. The van der Waals surface area contributed by atoms with Gasteiger partial charge in [0.15, 0.2) is 12.6 Å². The Bertz CT molecular complexity index is 402. The molecule has 2 heterocycles. The zero-order chi connectivity index (χ0) is 14.5. The molecule has 0 bridgehead atoms. The van der Waals surface area contributed by atoms with Gasteiger partial charge in [-0.1, -0.05) is 6.92 Å². The lowest BCUT2D eigenvalue weighted by atomic mass is 10.2. The summed E-state index contributed by atoms with van der Waals surface area (Å²) < 4.78 is 11.0. The van der Waals surface area contributed by atoms with E-state index in [1.165, 1.54) is 13.2 Å². The van der Waals surface area contributed by atoms with Gasteiger partial charge in [-0.05, 0) is 12.8 Å². The molecule has 0 aliphatic carbocycles. The predicted molar refractivity (Wildman–Crippen MR) is 67.0 cm³/mol. The van der Waals surface area contributed by atoms with Gasteiger partial charge in [-0.2, -0.15) is 5.06 Å². The minimum Gasteiger partial charge on any atom is -0.481 e. The topological polar surface area (TPSA) is 85.3 Å². The second kappa shape index (κ2) is 6.60. The third-order valence-corrected chi connectivity index (χ3v) is 3.20. The number of aliphatic carboxylic acids is 1. The summed E-state index contributed by atoms with van der Waals surface area (Å²) in [5, 5.41) is 9.87. The Hall–Kier alpha value is -1.76. The van der Waals surface area contributed by atoms with Gasteiger partial charge in [-0.25, -0.2) is 0 Å². The number of carbonyl (C=O) groups excluding carboxylic acids is 1. The molecule has 2 aliphatic heterocycles. The zero-order valence-corrected chi connectivity index (χ0v) is 11.4. The van der Waals surface area contributed by atoms with Crippen LogP contribution in [0.4, 0.5) is 0 Å². The molecule has 0 spiro atoms. The summed E-state index contributed by atoms with van der Waals surface area (Å²) >= 11 is 0. The van der Waals surface area contributed by atoms with Crippen molar-refractivity contribution in [3.63, 3.8) is 0 Å². The van der Waals surface area contributed by atoms with Gasteiger partial charge >= 0.3 is 5.97 Å². The van der Waals surface area contributed by atoms with Gasteiger partial charge < -0.3 is 19.4 Å². The monoisotopic (exact) mass is 285 g/mol. The van der Waals surface area contributed by atoms with Gasteiger partial charge in [0.05, 0.1) is 25.5 Å². The second-order valence-electron chi connectivity index (χ2n) is 4.97. The Kier molecular flexibility index (Phi) is 4.84. The summed E-state index contributed by atoms with van der Waals surface area (Å²) in [6.45, 7) is 2.19. The average molecular weight is 285 g/mol. The van der Waals surface area contributed by atoms with E-state index in [-0.39, 0.29) is 25.2 Å². The van der Waals surface area contributed by atoms with Crippen molar-refractivity contribution in [2.45, 2.75) is 38.9 Å². The Morgan fingerprint density at radius 3 is 3.00 bits per heavy atom. The fraction of sp³-hybridized carbons (Fsp3) is 0.692. The molecule has 0 aromatic heterocycles. The molecule has 1 N–H and O–H groups in total. The smallest absolute Gasteiger partial charge is 0.308 e. The van der Waals surface area contributed by atoms with Crippen LogP contribution in [-0.2, 0) is 23.9 Å². The van der Waals surface area contributed by atoms with E-state index >= 15 is 0 Å². The molecule has 112 valence electrons. The molecule has 0 aromatic carbocycles. The SMILES string of the molecule is CC(CN1OC=C(OC2CCCCO2)CC1=O)C(=O)O. The molecule has 1 amide bonds. The van der Waals surface area contributed by atoms with E-state index in [1.54, 1.807) is 0 Å². The van der Waals surface area contributed by atoms with Crippen molar-refractivity contribution in [3.05, 3.63) is 12.0 Å². The lowest BCUT2D eigenvalue weighted by Gasteiger charge is -2.29.